The van der Waals surface area contributed by atoms with Gasteiger partial charge in [0.25, 0.3) is 0 Å². The van der Waals surface area contributed by atoms with Crippen molar-refractivity contribution in [1.82, 2.24) is 14.5 Å². The lowest BCUT2D eigenvalue weighted by atomic mass is 10.1. The maximum atomic E-state index is 13.0. The lowest BCUT2D eigenvalue weighted by Crippen LogP contribution is -2.34. The van der Waals surface area contributed by atoms with Crippen molar-refractivity contribution >= 4 is 11.6 Å². The Morgan fingerprint density at radius 2 is 2.17 bits per heavy atom. The highest BCUT2D eigenvalue weighted by Crippen LogP contribution is 2.25. The summed E-state index contributed by atoms with van der Waals surface area (Å²) < 4.78 is 21.0. The summed E-state index contributed by atoms with van der Waals surface area (Å²) in [5.74, 6) is 1.75. The van der Waals surface area contributed by atoms with Crippen LogP contribution in [0.5, 0.6) is 5.75 Å². The zero-order valence-corrected chi connectivity index (χ0v) is 15.1. The average Bonchev–Trinajstić information content (AvgIpc) is 2.86. The minimum absolute atomic E-state index is 0.308. The van der Waals surface area contributed by atoms with Gasteiger partial charge in [-0.1, -0.05) is 25.4 Å². The van der Waals surface area contributed by atoms with Crippen molar-refractivity contribution < 1.29 is 9.13 Å². The molecule has 0 N–H and O–H groups in total. The van der Waals surface area contributed by atoms with Crippen molar-refractivity contribution in [1.29, 1.82) is 0 Å². The van der Waals surface area contributed by atoms with E-state index in [1.54, 1.807) is 6.07 Å². The summed E-state index contributed by atoms with van der Waals surface area (Å²) in [5, 5.41) is 0.308. The largest absolute Gasteiger partial charge is 0.491 e. The molecule has 0 unspecified atom stereocenters. The van der Waals surface area contributed by atoms with Crippen LogP contribution in [0.3, 0.4) is 0 Å². The van der Waals surface area contributed by atoms with Crippen molar-refractivity contribution in [2.45, 2.75) is 32.7 Å². The Morgan fingerprint density at radius 1 is 1.38 bits per heavy atom. The second kappa shape index (κ2) is 7.11. The molecule has 0 saturated carbocycles. The normalized spacial score (nSPS) is 14.9. The van der Waals surface area contributed by atoms with Gasteiger partial charge in [0.15, 0.2) is 0 Å². The molecular weight excluding hydrogens is 329 g/mol. The van der Waals surface area contributed by atoms with Crippen molar-refractivity contribution in [3.63, 3.8) is 0 Å². The molecule has 2 aromatic rings. The maximum absolute atomic E-state index is 13.0. The number of halogens is 2. The van der Waals surface area contributed by atoms with Gasteiger partial charge >= 0.3 is 0 Å². The predicted molar refractivity (Wildman–Crippen MR) is 93.2 cm³/mol. The lowest BCUT2D eigenvalue weighted by molar-refractivity contribution is 0.193. The highest BCUT2D eigenvalue weighted by Gasteiger charge is 2.23. The molecule has 6 heteroatoms. The Hall–Kier alpha value is -1.59. The third-order valence-electron chi connectivity index (χ3n) is 4.44. The van der Waals surface area contributed by atoms with Gasteiger partial charge in [-0.3, -0.25) is 4.90 Å². The van der Waals surface area contributed by atoms with E-state index < -0.39 is 0 Å². The third-order valence-corrected chi connectivity index (χ3v) is 4.74. The molecule has 1 aromatic heterocycles. The molecule has 0 atom stereocenters. The van der Waals surface area contributed by atoms with Crippen LogP contribution in [0.25, 0.3) is 0 Å². The standard InChI is InChI=1S/C18H23ClFN3O/c1-12(2)18-21-15-11-23(7-6-16(15)22(18)3)8-9-24-17-5-4-13(20)10-14(17)19/h4-5,10,12H,6-9,11H2,1-3H3. The first kappa shape index (κ1) is 17.2. The molecule has 0 aliphatic carbocycles. The van der Waals surface area contributed by atoms with E-state index in [-0.39, 0.29) is 5.82 Å². The number of imidazole rings is 1. The summed E-state index contributed by atoms with van der Waals surface area (Å²) >= 11 is 5.98. The highest BCUT2D eigenvalue weighted by atomic mass is 35.5. The molecule has 0 spiro atoms. The number of aromatic nitrogens is 2. The van der Waals surface area contributed by atoms with Gasteiger partial charge in [-0.25, -0.2) is 9.37 Å². The van der Waals surface area contributed by atoms with E-state index in [1.165, 1.54) is 23.5 Å². The minimum Gasteiger partial charge on any atom is -0.491 e. The van der Waals surface area contributed by atoms with Crippen LogP contribution in [-0.4, -0.2) is 34.1 Å². The SMILES string of the molecule is CC(C)c1nc2c(n1C)CCN(CCOc1ccc(F)cc1Cl)C2. The highest BCUT2D eigenvalue weighted by molar-refractivity contribution is 6.32. The fourth-order valence-electron chi connectivity index (χ4n) is 3.19. The second-order valence-electron chi connectivity index (χ2n) is 6.53. The quantitative estimate of drug-likeness (QED) is 0.821. The Kier molecular flexibility index (Phi) is 5.11. The molecule has 1 aromatic carbocycles. The number of hydrogen-bond acceptors (Lipinski definition) is 3. The first-order valence-electron chi connectivity index (χ1n) is 8.30. The van der Waals surface area contributed by atoms with Gasteiger partial charge in [0.05, 0.1) is 10.7 Å². The summed E-state index contributed by atoms with van der Waals surface area (Å²) in [4.78, 5) is 7.14. The smallest absolute Gasteiger partial charge is 0.138 e. The van der Waals surface area contributed by atoms with E-state index in [9.17, 15) is 4.39 Å². The summed E-state index contributed by atoms with van der Waals surface area (Å²) in [7, 11) is 2.11. The molecule has 2 heterocycles. The number of ether oxygens (including phenoxy) is 1. The molecule has 0 radical (unpaired) electrons. The van der Waals surface area contributed by atoms with E-state index in [4.69, 9.17) is 21.3 Å². The van der Waals surface area contributed by atoms with Gasteiger partial charge < -0.3 is 9.30 Å². The van der Waals surface area contributed by atoms with Crippen molar-refractivity contribution in [3.8, 4) is 5.75 Å². The van der Waals surface area contributed by atoms with Crippen LogP contribution in [0.15, 0.2) is 18.2 Å². The second-order valence-corrected chi connectivity index (χ2v) is 6.93. The number of nitrogens with zero attached hydrogens (tertiary/aromatic N) is 3. The molecule has 0 bridgehead atoms. The molecule has 130 valence electrons. The maximum Gasteiger partial charge on any atom is 0.138 e. The van der Waals surface area contributed by atoms with E-state index in [0.717, 1.165) is 31.9 Å². The van der Waals surface area contributed by atoms with E-state index >= 15 is 0 Å². The number of fused-ring (bicyclic) bond motifs is 1. The predicted octanol–water partition coefficient (Wildman–Crippen LogP) is 3.77. The first-order valence-corrected chi connectivity index (χ1v) is 8.68. The Balaban J connectivity index is 1.57. The lowest BCUT2D eigenvalue weighted by Gasteiger charge is -2.26. The van der Waals surface area contributed by atoms with Gasteiger partial charge in [0.2, 0.25) is 0 Å². The van der Waals surface area contributed by atoms with E-state index in [1.807, 2.05) is 0 Å². The van der Waals surface area contributed by atoms with E-state index in [0.29, 0.717) is 23.3 Å². The molecule has 0 fully saturated rings. The van der Waals surface area contributed by atoms with Gasteiger partial charge in [0.1, 0.15) is 24.0 Å². The van der Waals surface area contributed by atoms with Crippen LogP contribution in [-0.2, 0) is 20.0 Å². The average molecular weight is 352 g/mol. The number of benzene rings is 1. The molecular formula is C18H23ClFN3O. The monoisotopic (exact) mass is 351 g/mol. The molecule has 24 heavy (non-hydrogen) atoms. The van der Waals surface area contributed by atoms with E-state index in [2.05, 4.69) is 30.4 Å². The van der Waals surface area contributed by atoms with Crippen molar-refractivity contribution in [2.24, 2.45) is 7.05 Å². The van der Waals surface area contributed by atoms with Crippen molar-refractivity contribution in [2.75, 3.05) is 19.7 Å². The molecule has 1 aliphatic heterocycles. The van der Waals surface area contributed by atoms with Crippen LogP contribution >= 0.6 is 11.6 Å². The minimum atomic E-state index is -0.355. The van der Waals surface area contributed by atoms with Crippen LogP contribution in [0.1, 0.15) is 37.0 Å². The zero-order chi connectivity index (χ0) is 17.3. The summed E-state index contributed by atoms with van der Waals surface area (Å²) in [5.41, 5.74) is 2.52. The molecule has 4 nitrogen and oxygen atoms in total. The summed E-state index contributed by atoms with van der Waals surface area (Å²) in [6.07, 6.45) is 1.00. The van der Waals surface area contributed by atoms with Crippen molar-refractivity contribution in [3.05, 3.63) is 46.3 Å². The fraction of sp³-hybridized carbons (Fsp3) is 0.500. The topological polar surface area (TPSA) is 30.3 Å². The van der Waals surface area contributed by atoms with Gasteiger partial charge in [-0.15, -0.1) is 0 Å². The first-order chi connectivity index (χ1) is 11.5. The molecule has 0 saturated heterocycles. The Labute approximate surface area is 147 Å². The molecule has 3 rings (SSSR count). The van der Waals surface area contributed by atoms with Gasteiger partial charge in [-0.2, -0.15) is 0 Å². The number of rotatable bonds is 5. The molecule has 1 aliphatic rings. The molecule has 0 amide bonds. The van der Waals surface area contributed by atoms with Crippen LogP contribution in [0, 0.1) is 5.82 Å². The van der Waals surface area contributed by atoms with Crippen LogP contribution < -0.4 is 4.74 Å². The van der Waals surface area contributed by atoms with Crippen LogP contribution in [0.4, 0.5) is 4.39 Å². The Bertz CT molecular complexity index is 729. The third kappa shape index (κ3) is 3.57. The van der Waals surface area contributed by atoms with Gasteiger partial charge in [-0.05, 0) is 18.2 Å². The van der Waals surface area contributed by atoms with Gasteiger partial charge in [0, 0.05) is 44.7 Å². The summed E-state index contributed by atoms with van der Waals surface area (Å²) in [6.45, 7) is 7.49. The fourth-order valence-corrected chi connectivity index (χ4v) is 3.41. The zero-order valence-electron chi connectivity index (χ0n) is 14.4. The number of hydrogen-bond donors (Lipinski definition) is 0. The Morgan fingerprint density at radius 3 is 2.88 bits per heavy atom. The van der Waals surface area contributed by atoms with Crippen LogP contribution in [0.2, 0.25) is 5.02 Å². The summed E-state index contributed by atoms with van der Waals surface area (Å²) in [6, 6.07) is 4.20.